The Bertz CT molecular complexity index is 1250. The molecule has 0 aliphatic heterocycles. The Balaban J connectivity index is 1.34. The van der Waals surface area contributed by atoms with Crippen molar-refractivity contribution in [3.05, 3.63) is 53.6 Å². The number of ketones is 1. The highest BCUT2D eigenvalue weighted by Crippen LogP contribution is 2.66. The van der Waals surface area contributed by atoms with E-state index in [-0.39, 0.29) is 23.2 Å². The van der Waals surface area contributed by atoms with Crippen molar-refractivity contribution in [3.8, 4) is 5.75 Å². The molecule has 2 N–H and O–H groups in total. The van der Waals surface area contributed by atoms with Gasteiger partial charge in [-0.2, -0.15) is 5.10 Å². The van der Waals surface area contributed by atoms with Crippen LogP contribution in [0.25, 0.3) is 0 Å². The summed E-state index contributed by atoms with van der Waals surface area (Å²) in [5, 5.41) is 32.5. The van der Waals surface area contributed by atoms with Gasteiger partial charge in [-0.1, -0.05) is 48.3 Å². The third kappa shape index (κ3) is 4.79. The monoisotopic (exact) mass is 549 g/mol. The average Bonchev–Trinajstić information content (AvgIpc) is 3.19. The number of hydrogen-bond donors (Lipinski definition) is 2. The zero-order valence-corrected chi connectivity index (χ0v) is 24.4. The van der Waals surface area contributed by atoms with E-state index in [2.05, 4.69) is 24.2 Å². The van der Waals surface area contributed by atoms with E-state index in [4.69, 9.17) is 14.7 Å². The molecule has 0 spiro atoms. The summed E-state index contributed by atoms with van der Waals surface area (Å²) in [6.07, 6.45) is 9.99. The smallest absolute Gasteiger partial charge is 0.190 e. The second-order valence-corrected chi connectivity index (χ2v) is 12.6. The zero-order chi connectivity index (χ0) is 28.7. The molecule has 1 aromatic carbocycles. The molecular weight excluding hydrogens is 506 g/mol. The summed E-state index contributed by atoms with van der Waals surface area (Å²) in [6.45, 7) is 6.50. The van der Waals surface area contributed by atoms with Gasteiger partial charge in [-0.25, -0.2) is 0 Å². The fourth-order valence-corrected chi connectivity index (χ4v) is 8.03. The van der Waals surface area contributed by atoms with Crippen LogP contribution in [-0.4, -0.2) is 71.9 Å². The molecule has 8 heteroatoms. The maximum atomic E-state index is 12.8. The Labute approximate surface area is 237 Å². The minimum atomic E-state index is -1.52. The van der Waals surface area contributed by atoms with Crippen LogP contribution in [0, 0.1) is 35.5 Å². The van der Waals surface area contributed by atoms with E-state index >= 15 is 0 Å². The second-order valence-electron chi connectivity index (χ2n) is 12.6. The van der Waals surface area contributed by atoms with E-state index in [0.29, 0.717) is 26.1 Å². The number of rotatable bonds is 8. The number of aliphatic hydroxyl groups is 2. The van der Waals surface area contributed by atoms with Gasteiger partial charge in [0.25, 0.3) is 0 Å². The summed E-state index contributed by atoms with van der Waals surface area (Å²) in [4.78, 5) is 18.4. The summed E-state index contributed by atoms with van der Waals surface area (Å²) < 4.78 is 5.74. The standard InChI is InChI=1S/C32H43N3O5/c1-21-6-9-24(10-7-21)39-16-17-40-34-23-12-14-30(2)22(18-23)8-11-25-26-13-15-32(38,28(37)20-36)31(26,3)19-27(29(25)30)33-35(4)5/h6-7,9-10,12,14,18,25-26,29,36,38H,8,11,13,15-17,19-20H2,1-5H3/b33-27-,34-23-/t25-,26-,29+,30-,31-,32-/m0/s1. The number of oxime groups is 1. The molecule has 5 rings (SSSR count). The quantitative estimate of drug-likeness (QED) is 0.370. The summed E-state index contributed by atoms with van der Waals surface area (Å²) >= 11 is 0. The van der Waals surface area contributed by atoms with E-state index in [0.717, 1.165) is 36.4 Å². The number of allylic oxidation sites excluding steroid dienone is 4. The molecule has 0 saturated heterocycles. The summed E-state index contributed by atoms with van der Waals surface area (Å²) in [6, 6.07) is 7.93. The lowest BCUT2D eigenvalue weighted by atomic mass is 9.46. The molecule has 8 nitrogen and oxygen atoms in total. The van der Waals surface area contributed by atoms with Crippen molar-refractivity contribution in [3.63, 3.8) is 0 Å². The molecule has 0 heterocycles. The minimum absolute atomic E-state index is 0.154. The van der Waals surface area contributed by atoms with Gasteiger partial charge >= 0.3 is 0 Å². The molecule has 216 valence electrons. The highest BCUT2D eigenvalue weighted by molar-refractivity contribution is 6.06. The van der Waals surface area contributed by atoms with Crippen molar-refractivity contribution in [2.45, 2.75) is 58.5 Å². The Kier molecular flexibility index (Phi) is 7.70. The molecule has 0 amide bonds. The van der Waals surface area contributed by atoms with E-state index in [9.17, 15) is 15.0 Å². The van der Waals surface area contributed by atoms with Crippen LogP contribution >= 0.6 is 0 Å². The first-order valence-corrected chi connectivity index (χ1v) is 14.4. The Morgan fingerprint density at radius 2 is 1.90 bits per heavy atom. The molecule has 0 unspecified atom stereocenters. The Morgan fingerprint density at radius 3 is 2.60 bits per heavy atom. The molecule has 0 radical (unpaired) electrons. The number of nitrogens with zero attached hydrogens (tertiary/aromatic N) is 3. The van der Waals surface area contributed by atoms with Crippen LogP contribution in [0.1, 0.15) is 51.5 Å². The lowest BCUT2D eigenvalue weighted by Gasteiger charge is -2.58. The van der Waals surface area contributed by atoms with Crippen LogP contribution in [0.2, 0.25) is 0 Å². The highest BCUT2D eigenvalue weighted by Gasteiger charge is 2.67. The predicted octanol–water partition coefficient (Wildman–Crippen LogP) is 4.31. The number of aliphatic hydroxyl groups excluding tert-OH is 1. The third-order valence-corrected chi connectivity index (χ3v) is 10.0. The first-order valence-electron chi connectivity index (χ1n) is 14.4. The second kappa shape index (κ2) is 10.8. The van der Waals surface area contributed by atoms with Crippen molar-refractivity contribution >= 4 is 17.2 Å². The van der Waals surface area contributed by atoms with Gasteiger partial charge < -0.3 is 24.8 Å². The van der Waals surface area contributed by atoms with Crippen LogP contribution in [0.3, 0.4) is 0 Å². The lowest BCUT2D eigenvalue weighted by Crippen LogP contribution is -2.60. The average molecular weight is 550 g/mol. The van der Waals surface area contributed by atoms with Gasteiger partial charge in [0, 0.05) is 36.6 Å². The van der Waals surface area contributed by atoms with Crippen molar-refractivity contribution in [1.29, 1.82) is 0 Å². The van der Waals surface area contributed by atoms with Gasteiger partial charge in [0.05, 0.1) is 0 Å². The van der Waals surface area contributed by atoms with Gasteiger partial charge in [0.15, 0.2) is 12.4 Å². The molecular formula is C32H43N3O5. The third-order valence-electron chi connectivity index (χ3n) is 10.0. The van der Waals surface area contributed by atoms with Crippen LogP contribution in [0.5, 0.6) is 5.75 Å². The SMILES string of the molecule is Cc1ccc(OCCO/N=C2/C=C[C@@]3(C)C(=C2)CC[C@@H]2[C@@H]3/C(=N\N(C)C)C[C@@]3(C)[C@H]2CC[C@]3(O)C(=O)CO)cc1. The number of carbonyl (C=O) groups excluding carboxylic acids is 1. The predicted molar refractivity (Wildman–Crippen MR) is 155 cm³/mol. The molecule has 1 aromatic rings. The number of hydrazone groups is 1. The number of fused-ring (bicyclic) bond motifs is 5. The molecule has 4 aliphatic carbocycles. The summed E-state index contributed by atoms with van der Waals surface area (Å²) in [7, 11) is 3.83. The van der Waals surface area contributed by atoms with E-state index in [1.807, 2.05) is 63.3 Å². The number of aryl methyl sites for hydroxylation is 1. The normalized spacial score (nSPS) is 36.5. The van der Waals surface area contributed by atoms with Crippen molar-refractivity contribution in [2.24, 2.45) is 38.8 Å². The molecule has 4 aliphatic rings. The lowest BCUT2D eigenvalue weighted by molar-refractivity contribution is -0.157. The highest BCUT2D eigenvalue weighted by atomic mass is 16.6. The number of ether oxygens (including phenoxy) is 1. The first kappa shape index (κ1) is 28.6. The largest absolute Gasteiger partial charge is 0.490 e. The first-order chi connectivity index (χ1) is 19.0. The summed E-state index contributed by atoms with van der Waals surface area (Å²) in [5.41, 5.74) is 1.89. The fraction of sp³-hybridized carbons (Fsp3) is 0.594. The topological polar surface area (TPSA) is 104 Å². The molecule has 3 fully saturated rings. The van der Waals surface area contributed by atoms with Crippen LogP contribution in [0.4, 0.5) is 0 Å². The van der Waals surface area contributed by atoms with Crippen molar-refractivity contribution in [2.75, 3.05) is 33.9 Å². The van der Waals surface area contributed by atoms with Crippen LogP contribution in [0.15, 0.2) is 58.3 Å². The Hall–Kier alpha value is -2.97. The molecule has 0 aromatic heterocycles. The van der Waals surface area contributed by atoms with Gasteiger partial charge in [-0.05, 0) is 75.1 Å². The number of hydrogen-bond acceptors (Lipinski definition) is 8. The summed E-state index contributed by atoms with van der Waals surface area (Å²) in [5.74, 6) is 0.956. The van der Waals surface area contributed by atoms with Gasteiger partial charge in [0.2, 0.25) is 0 Å². The van der Waals surface area contributed by atoms with Gasteiger partial charge in [-0.3, -0.25) is 4.79 Å². The van der Waals surface area contributed by atoms with E-state index in [1.54, 1.807) is 0 Å². The maximum Gasteiger partial charge on any atom is 0.190 e. The maximum absolute atomic E-state index is 12.8. The Morgan fingerprint density at radius 1 is 1.15 bits per heavy atom. The van der Waals surface area contributed by atoms with E-state index < -0.39 is 23.4 Å². The van der Waals surface area contributed by atoms with Gasteiger partial charge in [-0.15, -0.1) is 0 Å². The van der Waals surface area contributed by atoms with Crippen molar-refractivity contribution in [1.82, 2.24) is 5.01 Å². The number of carbonyl (C=O) groups is 1. The molecule has 6 atom stereocenters. The number of benzene rings is 1. The number of Topliss-reactive ketones (excluding diaryl/α,β-unsaturated/α-hetero) is 1. The zero-order valence-electron chi connectivity index (χ0n) is 24.4. The fourth-order valence-electron chi connectivity index (χ4n) is 8.03. The van der Waals surface area contributed by atoms with Crippen molar-refractivity contribution < 1.29 is 24.6 Å². The van der Waals surface area contributed by atoms with Crippen LogP contribution < -0.4 is 4.74 Å². The molecule has 40 heavy (non-hydrogen) atoms. The van der Waals surface area contributed by atoms with E-state index in [1.165, 1.54) is 11.1 Å². The molecule has 0 bridgehead atoms. The van der Waals surface area contributed by atoms with Crippen LogP contribution in [-0.2, 0) is 9.63 Å². The minimum Gasteiger partial charge on any atom is -0.490 e. The van der Waals surface area contributed by atoms with Gasteiger partial charge in [0.1, 0.15) is 30.3 Å². The molecule has 3 saturated carbocycles.